The Kier molecular flexibility index (Phi) is 5.70. The van der Waals surface area contributed by atoms with Crippen LogP contribution in [0.4, 0.5) is 5.82 Å². The number of nitrogens with zero attached hydrogens (tertiary/aromatic N) is 5. The van der Waals surface area contributed by atoms with E-state index in [2.05, 4.69) is 30.9 Å². The molecule has 2 N–H and O–H groups in total. The van der Waals surface area contributed by atoms with Crippen LogP contribution in [0, 0.1) is 5.92 Å². The van der Waals surface area contributed by atoms with E-state index in [9.17, 15) is 9.59 Å². The van der Waals surface area contributed by atoms with Gasteiger partial charge in [0.1, 0.15) is 6.33 Å². The summed E-state index contributed by atoms with van der Waals surface area (Å²) >= 11 is 3.46. The summed E-state index contributed by atoms with van der Waals surface area (Å²) in [5.41, 5.74) is 7.17. The van der Waals surface area contributed by atoms with E-state index in [1.54, 1.807) is 4.90 Å². The van der Waals surface area contributed by atoms with Crippen molar-refractivity contribution in [3.05, 3.63) is 11.1 Å². The molecule has 0 unspecified atom stereocenters. The van der Waals surface area contributed by atoms with Gasteiger partial charge in [-0.05, 0) is 41.1 Å². The number of rotatable bonds is 5. The van der Waals surface area contributed by atoms with Crippen molar-refractivity contribution in [3.63, 3.8) is 0 Å². The van der Waals surface area contributed by atoms with E-state index in [1.807, 2.05) is 4.57 Å². The van der Waals surface area contributed by atoms with E-state index >= 15 is 0 Å². The molecule has 26 heavy (non-hydrogen) atoms. The van der Waals surface area contributed by atoms with Gasteiger partial charge in [-0.1, -0.05) is 0 Å². The van der Waals surface area contributed by atoms with Crippen molar-refractivity contribution in [2.45, 2.75) is 32.7 Å². The number of halogens is 1. The molecule has 9 nitrogen and oxygen atoms in total. The molecule has 2 aromatic heterocycles. The van der Waals surface area contributed by atoms with Gasteiger partial charge in [0.25, 0.3) is 5.91 Å². The third-order valence-corrected chi connectivity index (χ3v) is 5.25. The number of ether oxygens (including phenoxy) is 1. The molecule has 2 aromatic rings. The normalized spacial score (nSPS) is 15.4. The first-order valence-corrected chi connectivity index (χ1v) is 9.28. The van der Waals surface area contributed by atoms with Gasteiger partial charge in [0.05, 0.1) is 0 Å². The summed E-state index contributed by atoms with van der Waals surface area (Å²) in [7, 11) is 0. The number of fused-ring (bicyclic) bond motifs is 1. The maximum atomic E-state index is 12.0. The molecule has 1 aliphatic rings. The second-order valence-electron chi connectivity index (χ2n) is 6.36. The van der Waals surface area contributed by atoms with Crippen molar-refractivity contribution in [3.8, 4) is 0 Å². The molecule has 0 bridgehead atoms. The topological polar surface area (TPSA) is 116 Å². The molecule has 140 valence electrons. The molecule has 0 radical (unpaired) electrons. The lowest BCUT2D eigenvalue weighted by atomic mass is 9.93. The molecule has 3 heterocycles. The number of aromatic nitrogens is 4. The maximum absolute atomic E-state index is 12.0. The number of amides is 1. The van der Waals surface area contributed by atoms with Gasteiger partial charge >= 0.3 is 5.97 Å². The zero-order chi connectivity index (χ0) is 18.7. The molecule has 3 rings (SSSR count). The number of anilines is 1. The fourth-order valence-electron chi connectivity index (χ4n) is 3.16. The number of nitrogens with two attached hydrogens (primary N) is 1. The van der Waals surface area contributed by atoms with Gasteiger partial charge in [-0.3, -0.25) is 9.59 Å². The first kappa shape index (κ1) is 18.6. The number of carbonyl (C=O) groups excluding carboxylic acids is 2. The van der Waals surface area contributed by atoms with Crippen molar-refractivity contribution >= 4 is 44.8 Å². The summed E-state index contributed by atoms with van der Waals surface area (Å²) in [4.78, 5) is 37.2. The largest absolute Gasteiger partial charge is 0.456 e. The summed E-state index contributed by atoms with van der Waals surface area (Å²) in [6, 6.07) is 0. The van der Waals surface area contributed by atoms with Crippen molar-refractivity contribution in [1.29, 1.82) is 0 Å². The van der Waals surface area contributed by atoms with Crippen LogP contribution in [0.2, 0.25) is 0 Å². The predicted molar refractivity (Wildman–Crippen MR) is 98.0 cm³/mol. The van der Waals surface area contributed by atoms with Gasteiger partial charge in [0.2, 0.25) is 0 Å². The van der Waals surface area contributed by atoms with Crippen LogP contribution in [-0.4, -0.2) is 56.0 Å². The number of carbonyl (C=O) groups is 2. The second-order valence-corrected chi connectivity index (χ2v) is 7.07. The predicted octanol–water partition coefficient (Wildman–Crippen LogP) is 1.36. The van der Waals surface area contributed by atoms with Gasteiger partial charge in [-0.25, -0.2) is 15.0 Å². The van der Waals surface area contributed by atoms with Crippen LogP contribution in [0.3, 0.4) is 0 Å². The van der Waals surface area contributed by atoms with Crippen LogP contribution >= 0.6 is 15.9 Å². The quantitative estimate of drug-likeness (QED) is 0.568. The van der Waals surface area contributed by atoms with Gasteiger partial charge in [0.15, 0.2) is 28.3 Å². The summed E-state index contributed by atoms with van der Waals surface area (Å²) in [6.45, 7) is 3.27. The molecule has 0 aliphatic carbocycles. The van der Waals surface area contributed by atoms with Crippen LogP contribution < -0.4 is 5.73 Å². The summed E-state index contributed by atoms with van der Waals surface area (Å²) in [5, 5.41) is 0. The molecule has 0 atom stereocenters. The SMILES string of the molecule is CC(=O)OCC(=O)N1CCC(CCn2c(Br)nc3c(N)ncnc32)CC1. The van der Waals surface area contributed by atoms with Crippen molar-refractivity contribution < 1.29 is 14.3 Å². The number of nitrogen functional groups attached to an aromatic ring is 1. The first-order chi connectivity index (χ1) is 12.5. The molecule has 1 saturated heterocycles. The molecule has 0 saturated carbocycles. The van der Waals surface area contributed by atoms with Crippen LogP contribution in [0.5, 0.6) is 0 Å². The highest BCUT2D eigenvalue weighted by Gasteiger charge is 2.24. The van der Waals surface area contributed by atoms with E-state index in [1.165, 1.54) is 13.3 Å². The minimum Gasteiger partial charge on any atom is -0.456 e. The van der Waals surface area contributed by atoms with Crippen LogP contribution in [0.25, 0.3) is 11.2 Å². The highest BCUT2D eigenvalue weighted by atomic mass is 79.9. The fourth-order valence-corrected chi connectivity index (χ4v) is 3.69. The van der Waals surface area contributed by atoms with Crippen LogP contribution in [0.1, 0.15) is 26.2 Å². The van der Waals surface area contributed by atoms with Crippen LogP contribution in [0.15, 0.2) is 11.1 Å². The lowest BCUT2D eigenvalue weighted by Gasteiger charge is -2.32. The highest BCUT2D eigenvalue weighted by Crippen LogP contribution is 2.25. The molecular weight excluding hydrogens is 404 g/mol. The zero-order valence-electron chi connectivity index (χ0n) is 14.5. The summed E-state index contributed by atoms with van der Waals surface area (Å²) < 4.78 is 7.46. The molecule has 10 heteroatoms. The van der Waals surface area contributed by atoms with E-state index in [4.69, 9.17) is 10.5 Å². The average Bonchev–Trinajstić information content (AvgIpc) is 2.95. The Morgan fingerprint density at radius 2 is 2.08 bits per heavy atom. The maximum Gasteiger partial charge on any atom is 0.303 e. The van der Waals surface area contributed by atoms with Crippen molar-refractivity contribution in [1.82, 2.24) is 24.4 Å². The highest BCUT2D eigenvalue weighted by molar-refractivity contribution is 9.10. The van der Waals surface area contributed by atoms with E-state index < -0.39 is 5.97 Å². The van der Waals surface area contributed by atoms with Crippen LogP contribution in [-0.2, 0) is 20.9 Å². The average molecular weight is 425 g/mol. The first-order valence-electron chi connectivity index (χ1n) is 8.49. The molecule has 1 amide bonds. The lowest BCUT2D eigenvalue weighted by Crippen LogP contribution is -2.40. The van der Waals surface area contributed by atoms with E-state index in [-0.39, 0.29) is 12.5 Å². The molecule has 0 aromatic carbocycles. The summed E-state index contributed by atoms with van der Waals surface area (Å²) in [6.07, 6.45) is 4.25. The minimum absolute atomic E-state index is 0.130. The van der Waals surface area contributed by atoms with E-state index in [0.717, 1.165) is 31.5 Å². The molecule has 1 aliphatic heterocycles. The van der Waals surface area contributed by atoms with Gasteiger partial charge in [0, 0.05) is 26.6 Å². The number of likely N-dealkylation sites (tertiary alicyclic amines) is 1. The van der Waals surface area contributed by atoms with Gasteiger partial charge in [-0.2, -0.15) is 0 Å². The lowest BCUT2D eigenvalue weighted by molar-refractivity contribution is -0.150. The number of esters is 1. The Hall–Kier alpha value is -2.23. The monoisotopic (exact) mass is 424 g/mol. The fraction of sp³-hybridized carbons (Fsp3) is 0.562. The molecular formula is C16H21BrN6O3. The number of hydrogen-bond acceptors (Lipinski definition) is 7. The van der Waals surface area contributed by atoms with E-state index in [0.29, 0.717) is 35.1 Å². The Morgan fingerprint density at radius 1 is 1.35 bits per heavy atom. The minimum atomic E-state index is -0.434. The Balaban J connectivity index is 1.53. The van der Waals surface area contributed by atoms with Crippen molar-refractivity contribution in [2.75, 3.05) is 25.4 Å². The Labute approximate surface area is 159 Å². The Morgan fingerprint density at radius 3 is 2.77 bits per heavy atom. The van der Waals surface area contributed by atoms with Gasteiger partial charge < -0.3 is 19.9 Å². The number of imidazole rings is 1. The third kappa shape index (κ3) is 4.12. The third-order valence-electron chi connectivity index (χ3n) is 4.64. The smallest absolute Gasteiger partial charge is 0.303 e. The second kappa shape index (κ2) is 7.98. The number of piperidine rings is 1. The zero-order valence-corrected chi connectivity index (χ0v) is 16.1. The summed E-state index contributed by atoms with van der Waals surface area (Å²) in [5.74, 6) is 0.315. The van der Waals surface area contributed by atoms with Gasteiger partial charge in [-0.15, -0.1) is 0 Å². The standard InChI is InChI=1S/C16H21BrN6O3/c1-10(24)26-8-12(25)22-5-2-11(3-6-22)4-7-23-15-13(21-16(23)17)14(18)19-9-20-15/h9,11H,2-8H2,1H3,(H2,18,19,20). The molecule has 0 spiro atoms. The van der Waals surface area contributed by atoms with Crippen molar-refractivity contribution in [2.24, 2.45) is 5.92 Å². The number of hydrogen-bond donors (Lipinski definition) is 1. The number of aryl methyl sites for hydroxylation is 1. The molecule has 1 fully saturated rings. The Bertz CT molecular complexity index is 816.